The molecule has 118 valence electrons. The van der Waals surface area contributed by atoms with Crippen LogP contribution in [-0.4, -0.2) is 21.8 Å². The van der Waals surface area contributed by atoms with Crippen LogP contribution in [0.1, 0.15) is 5.56 Å². The van der Waals surface area contributed by atoms with Crippen molar-refractivity contribution in [2.45, 2.75) is 11.1 Å². The van der Waals surface area contributed by atoms with Crippen molar-refractivity contribution in [2.75, 3.05) is 13.4 Å². The highest BCUT2D eigenvalue weighted by Gasteiger charge is 2.34. The van der Waals surface area contributed by atoms with Crippen LogP contribution in [0.3, 0.4) is 0 Å². The van der Waals surface area contributed by atoms with E-state index in [1.807, 2.05) is 0 Å². The molecule has 0 unspecified atom stereocenters. The molecule has 7 heteroatoms. The number of hydrogen-bond donors (Lipinski definition) is 0. The van der Waals surface area contributed by atoms with Gasteiger partial charge in [-0.1, -0.05) is 24.3 Å². The summed E-state index contributed by atoms with van der Waals surface area (Å²) in [5.41, 5.74) is -0.567. The number of methoxy groups -OCH3 is 1. The van der Waals surface area contributed by atoms with E-state index >= 15 is 0 Å². The molecule has 0 aromatic heterocycles. The van der Waals surface area contributed by atoms with Crippen LogP contribution < -0.4 is 4.74 Å². The standard InChI is InChI=1S/C15H13F3O3S/c1-21-13-8-7-10(9-12(13)15(16,17)18)11-5-3-4-6-14(11)22(2,19)20/h3-9H,1-2H3. The molecule has 2 aromatic rings. The van der Waals surface area contributed by atoms with E-state index in [0.717, 1.165) is 19.4 Å². The van der Waals surface area contributed by atoms with Crippen LogP contribution in [0.4, 0.5) is 13.2 Å². The first kappa shape index (κ1) is 16.4. The van der Waals surface area contributed by atoms with Crippen molar-refractivity contribution < 1.29 is 26.3 Å². The van der Waals surface area contributed by atoms with E-state index in [1.54, 1.807) is 6.07 Å². The van der Waals surface area contributed by atoms with Crippen LogP contribution in [0.2, 0.25) is 0 Å². The normalized spacial score (nSPS) is 12.2. The highest BCUT2D eigenvalue weighted by Crippen LogP contribution is 2.39. The molecule has 0 aliphatic rings. The zero-order valence-corrected chi connectivity index (χ0v) is 12.6. The van der Waals surface area contributed by atoms with Crippen molar-refractivity contribution >= 4 is 9.84 Å². The Labute approximate surface area is 126 Å². The summed E-state index contributed by atoms with van der Waals surface area (Å²) in [6.07, 6.45) is -3.58. The lowest BCUT2D eigenvalue weighted by molar-refractivity contribution is -0.138. The average Bonchev–Trinajstić information content (AvgIpc) is 2.45. The Hall–Kier alpha value is -2.02. The topological polar surface area (TPSA) is 43.4 Å². The molecule has 0 bridgehead atoms. The van der Waals surface area contributed by atoms with Crippen molar-refractivity contribution in [1.82, 2.24) is 0 Å². The molecular weight excluding hydrogens is 317 g/mol. The molecule has 2 rings (SSSR count). The molecule has 0 aliphatic heterocycles. The fourth-order valence-electron chi connectivity index (χ4n) is 2.13. The summed E-state index contributed by atoms with van der Waals surface area (Å²) in [4.78, 5) is -0.0201. The van der Waals surface area contributed by atoms with Gasteiger partial charge >= 0.3 is 6.18 Å². The zero-order valence-electron chi connectivity index (χ0n) is 11.8. The van der Waals surface area contributed by atoms with E-state index in [1.165, 1.54) is 30.3 Å². The minimum Gasteiger partial charge on any atom is -0.496 e. The van der Waals surface area contributed by atoms with Gasteiger partial charge in [0.25, 0.3) is 0 Å². The molecule has 2 aromatic carbocycles. The summed E-state index contributed by atoms with van der Waals surface area (Å²) < 4.78 is 67.5. The number of ether oxygens (including phenoxy) is 1. The van der Waals surface area contributed by atoms with Gasteiger partial charge in [-0.25, -0.2) is 8.42 Å². The quantitative estimate of drug-likeness (QED) is 0.860. The first-order valence-corrected chi connectivity index (χ1v) is 8.08. The fraction of sp³-hybridized carbons (Fsp3) is 0.200. The summed E-state index contributed by atoms with van der Waals surface area (Å²) in [6, 6.07) is 9.40. The molecule has 0 saturated heterocycles. The van der Waals surface area contributed by atoms with Crippen molar-refractivity contribution in [3.05, 3.63) is 48.0 Å². The maximum atomic E-state index is 13.1. The molecule has 0 N–H and O–H groups in total. The number of sulfone groups is 1. The van der Waals surface area contributed by atoms with Gasteiger partial charge in [-0.05, 0) is 23.8 Å². The van der Waals surface area contributed by atoms with Gasteiger partial charge in [0, 0.05) is 11.8 Å². The molecule has 0 radical (unpaired) electrons. The maximum absolute atomic E-state index is 13.1. The average molecular weight is 330 g/mol. The number of hydrogen-bond acceptors (Lipinski definition) is 3. The number of rotatable bonds is 3. The van der Waals surface area contributed by atoms with Crippen LogP contribution in [0.5, 0.6) is 5.75 Å². The first-order chi connectivity index (χ1) is 10.1. The van der Waals surface area contributed by atoms with E-state index < -0.39 is 21.6 Å². The van der Waals surface area contributed by atoms with Gasteiger partial charge < -0.3 is 4.74 Å². The smallest absolute Gasteiger partial charge is 0.419 e. The van der Waals surface area contributed by atoms with E-state index in [9.17, 15) is 21.6 Å². The Morgan fingerprint density at radius 1 is 1.05 bits per heavy atom. The third-order valence-electron chi connectivity index (χ3n) is 3.10. The molecule has 0 atom stereocenters. The molecule has 0 amide bonds. The van der Waals surface area contributed by atoms with Crippen molar-refractivity contribution in [1.29, 1.82) is 0 Å². The summed E-state index contributed by atoms with van der Waals surface area (Å²) in [6.45, 7) is 0. The molecule has 0 saturated carbocycles. The van der Waals surface area contributed by atoms with E-state index in [4.69, 9.17) is 4.74 Å². The lowest BCUT2D eigenvalue weighted by Crippen LogP contribution is -2.08. The minimum atomic E-state index is -4.60. The zero-order chi connectivity index (χ0) is 16.5. The molecule has 3 nitrogen and oxygen atoms in total. The maximum Gasteiger partial charge on any atom is 0.419 e. The Morgan fingerprint density at radius 3 is 2.23 bits per heavy atom. The van der Waals surface area contributed by atoms with E-state index in [-0.39, 0.29) is 21.8 Å². The number of alkyl halides is 3. The Balaban J connectivity index is 2.71. The fourth-order valence-corrected chi connectivity index (χ4v) is 3.04. The Morgan fingerprint density at radius 2 is 1.68 bits per heavy atom. The van der Waals surface area contributed by atoms with Gasteiger partial charge in [-0.3, -0.25) is 0 Å². The molecule has 0 fully saturated rings. The van der Waals surface area contributed by atoms with Crippen LogP contribution >= 0.6 is 0 Å². The second-order valence-corrected chi connectivity index (χ2v) is 6.67. The summed E-state index contributed by atoms with van der Waals surface area (Å²) in [5.74, 6) is -0.312. The first-order valence-electron chi connectivity index (χ1n) is 6.19. The second-order valence-electron chi connectivity index (χ2n) is 4.68. The second kappa shape index (κ2) is 5.64. The number of benzene rings is 2. The van der Waals surface area contributed by atoms with E-state index in [2.05, 4.69) is 0 Å². The molecule has 0 spiro atoms. The van der Waals surface area contributed by atoms with Gasteiger partial charge in [0.2, 0.25) is 0 Å². The van der Waals surface area contributed by atoms with Crippen molar-refractivity contribution in [3.63, 3.8) is 0 Å². The predicted molar refractivity (Wildman–Crippen MR) is 76.5 cm³/mol. The Bertz CT molecular complexity index is 796. The molecule has 0 heterocycles. The van der Waals surface area contributed by atoms with Crippen LogP contribution in [0.15, 0.2) is 47.4 Å². The molecule has 0 aliphatic carbocycles. The monoisotopic (exact) mass is 330 g/mol. The van der Waals surface area contributed by atoms with Crippen LogP contribution in [0, 0.1) is 0 Å². The molecular formula is C15H13F3O3S. The van der Waals surface area contributed by atoms with Gasteiger partial charge in [0.1, 0.15) is 5.75 Å². The van der Waals surface area contributed by atoms with Gasteiger partial charge in [0.05, 0.1) is 17.6 Å². The van der Waals surface area contributed by atoms with Crippen LogP contribution in [-0.2, 0) is 16.0 Å². The summed E-state index contributed by atoms with van der Waals surface area (Å²) >= 11 is 0. The third-order valence-corrected chi connectivity index (χ3v) is 4.26. The third kappa shape index (κ3) is 3.24. The summed E-state index contributed by atoms with van der Waals surface area (Å²) in [5, 5.41) is 0. The lowest BCUT2D eigenvalue weighted by atomic mass is 10.0. The Kier molecular flexibility index (Phi) is 4.19. The number of halogens is 3. The predicted octanol–water partition coefficient (Wildman–Crippen LogP) is 3.78. The van der Waals surface area contributed by atoms with Crippen molar-refractivity contribution in [3.8, 4) is 16.9 Å². The highest BCUT2D eigenvalue weighted by atomic mass is 32.2. The van der Waals surface area contributed by atoms with Gasteiger partial charge in [0.15, 0.2) is 9.84 Å². The minimum absolute atomic E-state index is 0.0201. The lowest BCUT2D eigenvalue weighted by Gasteiger charge is -2.15. The highest BCUT2D eigenvalue weighted by molar-refractivity contribution is 7.90. The van der Waals surface area contributed by atoms with E-state index in [0.29, 0.717) is 0 Å². The molecule has 22 heavy (non-hydrogen) atoms. The largest absolute Gasteiger partial charge is 0.496 e. The summed E-state index contributed by atoms with van der Waals surface area (Å²) in [7, 11) is -2.41. The van der Waals surface area contributed by atoms with Crippen molar-refractivity contribution in [2.24, 2.45) is 0 Å². The van der Waals surface area contributed by atoms with Gasteiger partial charge in [-0.2, -0.15) is 13.2 Å². The van der Waals surface area contributed by atoms with Gasteiger partial charge in [-0.15, -0.1) is 0 Å². The van der Waals surface area contributed by atoms with Crippen LogP contribution in [0.25, 0.3) is 11.1 Å². The SMILES string of the molecule is COc1ccc(-c2ccccc2S(C)(=O)=O)cc1C(F)(F)F.